The van der Waals surface area contributed by atoms with Gasteiger partial charge < -0.3 is 14.8 Å². The van der Waals surface area contributed by atoms with Gasteiger partial charge in [-0.05, 0) is 38.8 Å². The third-order valence-corrected chi connectivity index (χ3v) is 5.03. The number of carbonyl (C=O) groups is 1. The minimum atomic E-state index is -0.446. The van der Waals surface area contributed by atoms with Crippen molar-refractivity contribution < 1.29 is 9.32 Å². The van der Waals surface area contributed by atoms with E-state index in [2.05, 4.69) is 25.4 Å². The van der Waals surface area contributed by atoms with E-state index in [-0.39, 0.29) is 11.5 Å². The highest BCUT2D eigenvalue weighted by molar-refractivity contribution is 8.00. The maximum absolute atomic E-state index is 12.5. The molecule has 0 fully saturated rings. The Morgan fingerprint density at radius 2 is 2.08 bits per heavy atom. The average Bonchev–Trinajstić information content (AvgIpc) is 2.96. The molecule has 0 saturated heterocycles. The Hall–Kier alpha value is -2.68. The van der Waals surface area contributed by atoms with Crippen molar-refractivity contribution in [3.05, 3.63) is 39.5 Å². The van der Waals surface area contributed by atoms with Gasteiger partial charge in [0.15, 0.2) is 16.6 Å². The number of H-pyrrole nitrogens is 1. The molecule has 0 spiro atoms. The average molecular weight is 373 g/mol. The minimum absolute atomic E-state index is 0.234. The van der Waals surface area contributed by atoms with Crippen LogP contribution in [0.3, 0.4) is 0 Å². The van der Waals surface area contributed by atoms with E-state index < -0.39 is 5.25 Å². The number of nitrogens with zero attached hydrogens (tertiary/aromatic N) is 3. The van der Waals surface area contributed by atoms with E-state index in [9.17, 15) is 9.59 Å². The van der Waals surface area contributed by atoms with Crippen LogP contribution in [0, 0.1) is 20.8 Å². The molecule has 1 amide bonds. The van der Waals surface area contributed by atoms with E-state index in [1.165, 1.54) is 11.8 Å². The van der Waals surface area contributed by atoms with Crippen LogP contribution in [-0.4, -0.2) is 31.3 Å². The molecule has 0 unspecified atom stereocenters. The van der Waals surface area contributed by atoms with Gasteiger partial charge in [0.2, 0.25) is 5.91 Å². The summed E-state index contributed by atoms with van der Waals surface area (Å²) in [6, 6.07) is 3.48. The molecule has 0 aliphatic heterocycles. The summed E-state index contributed by atoms with van der Waals surface area (Å²) in [5, 5.41) is 6.84. The quantitative estimate of drug-likeness (QED) is 0.522. The molecule has 0 aliphatic carbocycles. The molecule has 0 aliphatic rings. The third-order valence-electron chi connectivity index (χ3n) is 3.78. The number of nitrogens with one attached hydrogen (secondary N) is 2. The largest absolute Gasteiger partial charge is 0.360 e. The SMILES string of the molecule is CC[C@H](Sc1nc2nc(C)cc(C)c2c(=O)[nH]1)C(=O)Nc1cc(C)on1. The van der Waals surface area contributed by atoms with Crippen LogP contribution in [0.25, 0.3) is 11.0 Å². The Labute approximate surface area is 153 Å². The van der Waals surface area contributed by atoms with Crippen LogP contribution < -0.4 is 10.9 Å². The van der Waals surface area contributed by atoms with Crippen LogP contribution in [0.2, 0.25) is 0 Å². The Morgan fingerprint density at radius 3 is 2.73 bits per heavy atom. The Kier molecular flexibility index (Phi) is 5.08. The minimum Gasteiger partial charge on any atom is -0.360 e. The van der Waals surface area contributed by atoms with Crippen molar-refractivity contribution in [2.75, 3.05) is 5.32 Å². The van der Waals surface area contributed by atoms with Crippen LogP contribution in [0.4, 0.5) is 5.82 Å². The normalized spacial score (nSPS) is 12.3. The molecule has 0 aromatic carbocycles. The molecule has 3 aromatic heterocycles. The lowest BCUT2D eigenvalue weighted by molar-refractivity contribution is -0.115. The number of pyridine rings is 1. The zero-order valence-electron chi connectivity index (χ0n) is 14.9. The fraction of sp³-hybridized carbons (Fsp3) is 0.353. The summed E-state index contributed by atoms with van der Waals surface area (Å²) >= 11 is 1.19. The molecule has 3 rings (SSSR count). The van der Waals surface area contributed by atoms with Crippen LogP contribution in [0.1, 0.15) is 30.4 Å². The van der Waals surface area contributed by atoms with E-state index >= 15 is 0 Å². The number of hydrogen-bond donors (Lipinski definition) is 2. The molecule has 3 aromatic rings. The first-order valence-corrected chi connectivity index (χ1v) is 9.04. The van der Waals surface area contributed by atoms with Gasteiger partial charge in [-0.2, -0.15) is 0 Å². The third kappa shape index (κ3) is 3.77. The lowest BCUT2D eigenvalue weighted by Crippen LogP contribution is -2.25. The number of rotatable bonds is 5. The maximum atomic E-state index is 12.5. The number of carbonyl (C=O) groups excluding carboxylic acids is 1. The second-order valence-electron chi connectivity index (χ2n) is 5.98. The fourth-order valence-corrected chi connectivity index (χ4v) is 3.50. The van der Waals surface area contributed by atoms with Gasteiger partial charge in [-0.25, -0.2) is 9.97 Å². The first kappa shape index (κ1) is 18.1. The highest BCUT2D eigenvalue weighted by Crippen LogP contribution is 2.24. The zero-order valence-corrected chi connectivity index (χ0v) is 15.7. The number of aromatic nitrogens is 4. The van der Waals surface area contributed by atoms with Crippen LogP contribution in [-0.2, 0) is 4.79 Å². The standard InChI is InChI=1S/C17H19N5O3S/c1-5-11(15(23)19-12-7-10(4)25-22-12)26-17-20-14-13(16(24)21-17)8(2)6-9(3)18-14/h6-7,11H,5H2,1-4H3,(H,19,22,23)(H,18,20,21,24)/t11-/m0/s1. The second kappa shape index (κ2) is 7.28. The number of anilines is 1. The van der Waals surface area contributed by atoms with Gasteiger partial charge >= 0.3 is 0 Å². The highest BCUT2D eigenvalue weighted by atomic mass is 32.2. The van der Waals surface area contributed by atoms with E-state index in [4.69, 9.17) is 4.52 Å². The summed E-state index contributed by atoms with van der Waals surface area (Å²) in [7, 11) is 0. The van der Waals surface area contributed by atoms with Crippen molar-refractivity contribution in [3.63, 3.8) is 0 Å². The van der Waals surface area contributed by atoms with Gasteiger partial charge in [0.1, 0.15) is 5.76 Å². The highest BCUT2D eigenvalue weighted by Gasteiger charge is 2.21. The van der Waals surface area contributed by atoms with E-state index in [0.29, 0.717) is 34.2 Å². The first-order valence-electron chi connectivity index (χ1n) is 8.16. The van der Waals surface area contributed by atoms with Gasteiger partial charge in [-0.3, -0.25) is 9.59 Å². The van der Waals surface area contributed by atoms with Gasteiger partial charge in [-0.1, -0.05) is 23.8 Å². The summed E-state index contributed by atoms with van der Waals surface area (Å²) in [5.74, 6) is 0.736. The zero-order chi connectivity index (χ0) is 18.8. The molecule has 0 radical (unpaired) electrons. The van der Waals surface area contributed by atoms with Crippen molar-refractivity contribution in [2.24, 2.45) is 0 Å². The van der Waals surface area contributed by atoms with E-state index in [1.54, 1.807) is 13.0 Å². The number of hydrogen-bond acceptors (Lipinski definition) is 7. The fourth-order valence-electron chi connectivity index (χ4n) is 2.61. The molecular weight excluding hydrogens is 354 g/mol. The number of fused-ring (bicyclic) bond motifs is 1. The molecule has 136 valence electrons. The Balaban J connectivity index is 1.86. The van der Waals surface area contributed by atoms with Crippen molar-refractivity contribution in [1.82, 2.24) is 20.1 Å². The van der Waals surface area contributed by atoms with Crippen molar-refractivity contribution >= 4 is 34.5 Å². The van der Waals surface area contributed by atoms with Crippen LogP contribution >= 0.6 is 11.8 Å². The maximum Gasteiger partial charge on any atom is 0.261 e. The monoisotopic (exact) mass is 373 g/mol. The lowest BCUT2D eigenvalue weighted by atomic mass is 10.2. The van der Waals surface area contributed by atoms with Crippen molar-refractivity contribution in [1.29, 1.82) is 0 Å². The Bertz CT molecular complexity index is 1030. The number of aromatic amines is 1. The molecule has 9 heteroatoms. The summed E-state index contributed by atoms with van der Waals surface area (Å²) in [6.45, 7) is 7.33. The molecule has 3 heterocycles. The predicted molar refractivity (Wildman–Crippen MR) is 99.4 cm³/mol. The topological polar surface area (TPSA) is 114 Å². The molecule has 2 N–H and O–H groups in total. The molecule has 1 atom stereocenters. The molecular formula is C17H19N5O3S. The number of aryl methyl sites for hydroxylation is 3. The molecule has 0 saturated carbocycles. The van der Waals surface area contributed by atoms with E-state index in [1.807, 2.05) is 26.8 Å². The van der Waals surface area contributed by atoms with Gasteiger partial charge in [0.05, 0.1) is 10.6 Å². The van der Waals surface area contributed by atoms with Gasteiger partial charge in [-0.15, -0.1) is 0 Å². The summed E-state index contributed by atoms with van der Waals surface area (Å²) in [5.41, 5.74) is 1.74. The number of amides is 1. The molecule has 8 nitrogen and oxygen atoms in total. The lowest BCUT2D eigenvalue weighted by Gasteiger charge is -2.13. The van der Waals surface area contributed by atoms with Crippen molar-refractivity contribution in [3.8, 4) is 0 Å². The smallest absolute Gasteiger partial charge is 0.261 e. The second-order valence-corrected chi connectivity index (χ2v) is 7.17. The van der Waals surface area contributed by atoms with Gasteiger partial charge in [0, 0.05) is 11.8 Å². The predicted octanol–water partition coefficient (Wildman–Crippen LogP) is 2.74. The molecule has 0 bridgehead atoms. The number of thioether (sulfide) groups is 1. The van der Waals surface area contributed by atoms with E-state index in [0.717, 1.165) is 11.3 Å². The van der Waals surface area contributed by atoms with Gasteiger partial charge in [0.25, 0.3) is 5.56 Å². The van der Waals surface area contributed by atoms with Crippen LogP contribution in [0.15, 0.2) is 26.6 Å². The summed E-state index contributed by atoms with van der Waals surface area (Å²) in [4.78, 5) is 36.4. The summed E-state index contributed by atoms with van der Waals surface area (Å²) in [6.07, 6.45) is 0.551. The first-order chi connectivity index (χ1) is 12.4. The molecule has 26 heavy (non-hydrogen) atoms. The Morgan fingerprint density at radius 1 is 1.31 bits per heavy atom. The van der Waals surface area contributed by atoms with Crippen LogP contribution in [0.5, 0.6) is 0 Å². The summed E-state index contributed by atoms with van der Waals surface area (Å²) < 4.78 is 4.94. The van der Waals surface area contributed by atoms with Crippen molar-refractivity contribution in [2.45, 2.75) is 44.5 Å².